The number of piperazine rings is 1. The molecule has 2 aliphatic heterocycles. The number of nitrogens with zero attached hydrogens (tertiary/aromatic N) is 4. The number of aryl methyl sites for hydroxylation is 2. The lowest BCUT2D eigenvalue weighted by molar-refractivity contribution is 0.0742. The molecule has 6 nitrogen and oxygen atoms in total. The molecule has 1 amide bonds. The third kappa shape index (κ3) is 3.84. The molecule has 4 rings (SSSR count). The lowest BCUT2D eigenvalue weighted by Crippen LogP contribution is -2.49. The van der Waals surface area contributed by atoms with E-state index in [0.29, 0.717) is 31.9 Å². The highest BCUT2D eigenvalue weighted by Gasteiger charge is 2.26. The minimum Gasteiger partial charge on any atom is -0.370 e. The molecular formula is C23H28FN5O. The Bertz CT molecular complexity index is 968. The minimum absolute atomic E-state index is 0.117. The molecule has 2 aliphatic rings. The monoisotopic (exact) mass is 409 g/mol. The van der Waals surface area contributed by atoms with Crippen LogP contribution in [0.3, 0.4) is 0 Å². The minimum atomic E-state index is -0.493. The number of hydrogen-bond donors (Lipinski definition) is 1. The molecule has 0 aliphatic carbocycles. The molecule has 1 N–H and O–H groups in total. The van der Waals surface area contributed by atoms with E-state index in [1.807, 2.05) is 11.1 Å². The van der Waals surface area contributed by atoms with Crippen LogP contribution in [0, 0.1) is 12.7 Å². The Hall–Kier alpha value is -3.09. The van der Waals surface area contributed by atoms with E-state index in [1.54, 1.807) is 17.0 Å². The summed E-state index contributed by atoms with van der Waals surface area (Å²) < 4.78 is 14.8. The number of aromatic nitrogens is 1. The maximum atomic E-state index is 14.8. The van der Waals surface area contributed by atoms with Crippen molar-refractivity contribution in [1.82, 2.24) is 15.2 Å². The Morgan fingerprint density at radius 2 is 1.97 bits per heavy atom. The van der Waals surface area contributed by atoms with Crippen molar-refractivity contribution in [3.05, 3.63) is 65.4 Å². The van der Waals surface area contributed by atoms with Gasteiger partial charge in [-0.1, -0.05) is 19.6 Å². The second-order valence-corrected chi connectivity index (χ2v) is 7.81. The lowest BCUT2D eigenvalue weighted by Gasteiger charge is -2.36. The molecule has 2 saturated heterocycles. The van der Waals surface area contributed by atoms with Gasteiger partial charge in [0, 0.05) is 51.2 Å². The summed E-state index contributed by atoms with van der Waals surface area (Å²) in [4.78, 5) is 23.4. The highest BCUT2D eigenvalue weighted by Crippen LogP contribution is 2.25. The SMILES string of the molecule is C=C1NCCN1c1ccc(C(=O)N2CCN(c3ncc(CC)cc3C)CC2)c(F)c1. The number of halogens is 1. The zero-order valence-corrected chi connectivity index (χ0v) is 17.6. The van der Waals surface area contributed by atoms with Gasteiger partial charge in [0.25, 0.3) is 5.91 Å². The van der Waals surface area contributed by atoms with E-state index in [-0.39, 0.29) is 11.5 Å². The first-order valence-electron chi connectivity index (χ1n) is 10.5. The molecule has 1 aromatic heterocycles. The average Bonchev–Trinajstić information content (AvgIpc) is 3.19. The highest BCUT2D eigenvalue weighted by atomic mass is 19.1. The van der Waals surface area contributed by atoms with Crippen LogP contribution in [-0.4, -0.2) is 55.1 Å². The van der Waals surface area contributed by atoms with E-state index < -0.39 is 5.82 Å². The molecule has 1 aromatic carbocycles. The van der Waals surface area contributed by atoms with Gasteiger partial charge in [-0.2, -0.15) is 0 Å². The summed E-state index contributed by atoms with van der Waals surface area (Å²) >= 11 is 0. The van der Waals surface area contributed by atoms with Crippen LogP contribution in [0.4, 0.5) is 15.9 Å². The standard InChI is InChI=1S/C23H28FN5O/c1-4-18-13-16(2)22(26-15-18)27-9-11-28(12-10-27)23(30)20-6-5-19(14-21(20)24)29-8-7-25-17(29)3/h5-6,13-15,25H,3-4,7-12H2,1-2H3. The number of nitrogens with one attached hydrogen (secondary N) is 1. The van der Waals surface area contributed by atoms with Gasteiger partial charge < -0.3 is 20.0 Å². The second kappa shape index (κ2) is 8.34. The summed E-state index contributed by atoms with van der Waals surface area (Å²) in [5.74, 6) is 0.963. The van der Waals surface area contributed by atoms with Gasteiger partial charge in [0.1, 0.15) is 11.6 Å². The van der Waals surface area contributed by atoms with Gasteiger partial charge in [-0.3, -0.25) is 4.79 Å². The van der Waals surface area contributed by atoms with E-state index in [9.17, 15) is 9.18 Å². The Balaban J connectivity index is 1.42. The Labute approximate surface area is 177 Å². The number of carbonyl (C=O) groups is 1. The molecule has 7 heteroatoms. The van der Waals surface area contributed by atoms with Crippen LogP contribution in [0.25, 0.3) is 0 Å². The summed E-state index contributed by atoms with van der Waals surface area (Å²) in [6.45, 7) is 12.1. The van der Waals surface area contributed by atoms with Gasteiger partial charge in [0.2, 0.25) is 0 Å². The van der Waals surface area contributed by atoms with E-state index in [0.717, 1.165) is 36.7 Å². The fourth-order valence-corrected chi connectivity index (χ4v) is 4.11. The predicted octanol–water partition coefficient (Wildman–Crippen LogP) is 2.93. The molecule has 0 bridgehead atoms. The fraction of sp³-hybridized carbons (Fsp3) is 0.391. The number of pyridine rings is 1. The van der Waals surface area contributed by atoms with E-state index >= 15 is 0 Å². The third-order valence-corrected chi connectivity index (χ3v) is 5.87. The number of carbonyl (C=O) groups excluding carboxylic acids is 1. The van der Waals surface area contributed by atoms with E-state index in [1.165, 1.54) is 11.6 Å². The molecule has 158 valence electrons. The maximum absolute atomic E-state index is 14.8. The Kier molecular flexibility index (Phi) is 5.61. The predicted molar refractivity (Wildman–Crippen MR) is 117 cm³/mol. The summed E-state index contributed by atoms with van der Waals surface area (Å²) in [5.41, 5.74) is 3.19. The average molecular weight is 410 g/mol. The normalized spacial score (nSPS) is 16.8. The number of amides is 1. The van der Waals surface area contributed by atoms with Gasteiger partial charge in [-0.15, -0.1) is 0 Å². The number of benzene rings is 1. The van der Waals surface area contributed by atoms with Crippen LogP contribution in [0.2, 0.25) is 0 Å². The fourth-order valence-electron chi connectivity index (χ4n) is 4.11. The van der Waals surface area contributed by atoms with Gasteiger partial charge in [-0.05, 0) is 42.7 Å². The molecule has 2 fully saturated rings. The van der Waals surface area contributed by atoms with E-state index in [4.69, 9.17) is 0 Å². The molecule has 3 heterocycles. The highest BCUT2D eigenvalue weighted by molar-refractivity contribution is 5.95. The van der Waals surface area contributed by atoms with Crippen molar-refractivity contribution in [2.75, 3.05) is 49.1 Å². The van der Waals surface area contributed by atoms with Crippen LogP contribution in [0.1, 0.15) is 28.4 Å². The summed E-state index contributed by atoms with van der Waals surface area (Å²) in [6, 6.07) is 6.96. The lowest BCUT2D eigenvalue weighted by atomic mass is 10.1. The van der Waals surface area contributed by atoms with Gasteiger partial charge in [-0.25, -0.2) is 9.37 Å². The number of anilines is 2. The second-order valence-electron chi connectivity index (χ2n) is 7.81. The number of hydrogen-bond acceptors (Lipinski definition) is 5. The zero-order chi connectivity index (χ0) is 21.3. The Morgan fingerprint density at radius 1 is 1.20 bits per heavy atom. The first-order chi connectivity index (χ1) is 14.5. The van der Waals surface area contributed by atoms with Crippen LogP contribution in [-0.2, 0) is 6.42 Å². The van der Waals surface area contributed by atoms with Crippen molar-refractivity contribution in [3.63, 3.8) is 0 Å². The summed E-state index contributed by atoms with van der Waals surface area (Å²) in [7, 11) is 0. The maximum Gasteiger partial charge on any atom is 0.256 e. The first kappa shape index (κ1) is 20.2. The first-order valence-corrected chi connectivity index (χ1v) is 10.5. The molecular weight excluding hydrogens is 381 g/mol. The molecule has 0 radical (unpaired) electrons. The van der Waals surface area contributed by atoms with Gasteiger partial charge in [0.15, 0.2) is 0 Å². The summed E-state index contributed by atoms with van der Waals surface area (Å²) in [5, 5.41) is 3.13. The van der Waals surface area contributed by atoms with Crippen molar-refractivity contribution in [3.8, 4) is 0 Å². The van der Waals surface area contributed by atoms with Crippen molar-refractivity contribution in [1.29, 1.82) is 0 Å². The van der Waals surface area contributed by atoms with Crippen molar-refractivity contribution in [2.45, 2.75) is 20.3 Å². The molecule has 30 heavy (non-hydrogen) atoms. The largest absolute Gasteiger partial charge is 0.370 e. The van der Waals surface area contributed by atoms with Gasteiger partial charge in [0.05, 0.1) is 11.4 Å². The molecule has 2 aromatic rings. The van der Waals surface area contributed by atoms with Crippen LogP contribution in [0.5, 0.6) is 0 Å². The topological polar surface area (TPSA) is 51.7 Å². The van der Waals surface area contributed by atoms with Crippen LogP contribution < -0.4 is 15.1 Å². The van der Waals surface area contributed by atoms with Crippen molar-refractivity contribution < 1.29 is 9.18 Å². The van der Waals surface area contributed by atoms with Crippen LogP contribution >= 0.6 is 0 Å². The Morgan fingerprint density at radius 3 is 2.57 bits per heavy atom. The molecule has 0 spiro atoms. The van der Waals surface area contributed by atoms with Crippen molar-refractivity contribution in [2.24, 2.45) is 0 Å². The zero-order valence-electron chi connectivity index (χ0n) is 17.6. The van der Waals surface area contributed by atoms with Gasteiger partial charge >= 0.3 is 0 Å². The molecule has 0 atom stereocenters. The molecule has 0 unspecified atom stereocenters. The van der Waals surface area contributed by atoms with E-state index in [2.05, 4.69) is 41.7 Å². The smallest absolute Gasteiger partial charge is 0.256 e. The van der Waals surface area contributed by atoms with Crippen molar-refractivity contribution >= 4 is 17.4 Å². The third-order valence-electron chi connectivity index (χ3n) is 5.87. The van der Waals surface area contributed by atoms with Crippen LogP contribution in [0.15, 0.2) is 42.9 Å². The molecule has 0 saturated carbocycles. The quantitative estimate of drug-likeness (QED) is 0.842. The number of rotatable bonds is 4. The summed E-state index contributed by atoms with van der Waals surface area (Å²) in [6.07, 6.45) is 2.88.